The van der Waals surface area contributed by atoms with Crippen LogP contribution < -0.4 is 9.80 Å². The van der Waals surface area contributed by atoms with Crippen molar-refractivity contribution >= 4 is 55.7 Å². The SMILES string of the molecule is c1ccc(N(c2ccccc2)c2cc(-c3cc4ccccc4c4ccccc34)cc(N(c3ccccc3)c3ccccc3)c2)cc1. The Hall–Kier alpha value is -6.12. The van der Waals surface area contributed by atoms with E-state index in [-0.39, 0.29) is 0 Å². The lowest BCUT2D eigenvalue weighted by molar-refractivity contribution is 1.25. The fourth-order valence-corrected chi connectivity index (χ4v) is 6.50. The summed E-state index contributed by atoms with van der Waals surface area (Å²) in [4.78, 5) is 4.70. The van der Waals surface area contributed by atoms with E-state index >= 15 is 0 Å². The van der Waals surface area contributed by atoms with Gasteiger partial charge in [0.1, 0.15) is 0 Å². The second kappa shape index (κ2) is 12.1. The third kappa shape index (κ3) is 5.16. The van der Waals surface area contributed by atoms with Crippen LogP contribution in [0.15, 0.2) is 194 Å². The van der Waals surface area contributed by atoms with Crippen molar-refractivity contribution in [1.29, 1.82) is 0 Å². The fourth-order valence-electron chi connectivity index (χ4n) is 6.50. The van der Waals surface area contributed by atoms with Crippen LogP contribution in [-0.4, -0.2) is 0 Å². The molecule has 0 aliphatic heterocycles. The molecule has 0 saturated heterocycles. The summed E-state index contributed by atoms with van der Waals surface area (Å²) in [5.41, 5.74) is 8.94. The molecule has 0 heterocycles. The minimum atomic E-state index is 1.08. The highest BCUT2D eigenvalue weighted by Crippen LogP contribution is 2.44. The lowest BCUT2D eigenvalue weighted by atomic mass is 9.92. The largest absolute Gasteiger partial charge is 0.310 e. The monoisotopic (exact) mass is 588 g/mol. The zero-order valence-electron chi connectivity index (χ0n) is 25.4. The maximum absolute atomic E-state index is 2.35. The summed E-state index contributed by atoms with van der Waals surface area (Å²) in [7, 11) is 0. The van der Waals surface area contributed by atoms with Crippen molar-refractivity contribution in [2.45, 2.75) is 0 Å². The van der Waals surface area contributed by atoms with Crippen LogP contribution in [-0.2, 0) is 0 Å². The molecule has 2 nitrogen and oxygen atoms in total. The van der Waals surface area contributed by atoms with E-state index in [0.717, 1.165) is 39.7 Å². The first-order valence-electron chi connectivity index (χ1n) is 15.7. The number of nitrogens with zero attached hydrogens (tertiary/aromatic N) is 2. The van der Waals surface area contributed by atoms with Crippen LogP contribution in [0.5, 0.6) is 0 Å². The normalized spacial score (nSPS) is 11.0. The molecule has 8 aromatic carbocycles. The zero-order chi connectivity index (χ0) is 30.7. The highest BCUT2D eigenvalue weighted by molar-refractivity contribution is 6.14. The molecule has 8 rings (SSSR count). The number of anilines is 6. The second-order valence-electron chi connectivity index (χ2n) is 11.4. The van der Waals surface area contributed by atoms with Gasteiger partial charge in [0.25, 0.3) is 0 Å². The van der Waals surface area contributed by atoms with E-state index in [9.17, 15) is 0 Å². The Morgan fingerprint density at radius 1 is 0.261 bits per heavy atom. The number of benzene rings is 8. The molecular formula is C44H32N2. The van der Waals surface area contributed by atoms with E-state index in [0.29, 0.717) is 0 Å². The number of para-hydroxylation sites is 4. The summed E-state index contributed by atoms with van der Waals surface area (Å²) in [5.74, 6) is 0. The Labute approximate surface area is 270 Å². The molecule has 2 heteroatoms. The van der Waals surface area contributed by atoms with Crippen LogP contribution in [0.1, 0.15) is 0 Å². The third-order valence-electron chi connectivity index (χ3n) is 8.56. The molecule has 218 valence electrons. The molecular weight excluding hydrogens is 556 g/mol. The van der Waals surface area contributed by atoms with Crippen molar-refractivity contribution in [3.05, 3.63) is 194 Å². The van der Waals surface area contributed by atoms with Gasteiger partial charge in [-0.1, -0.05) is 121 Å². The van der Waals surface area contributed by atoms with Gasteiger partial charge >= 0.3 is 0 Å². The first-order chi connectivity index (χ1) is 22.8. The summed E-state index contributed by atoms with van der Waals surface area (Å²) in [6.07, 6.45) is 0. The lowest BCUT2D eigenvalue weighted by Crippen LogP contribution is -2.13. The van der Waals surface area contributed by atoms with E-state index < -0.39 is 0 Å². The molecule has 0 aromatic heterocycles. The van der Waals surface area contributed by atoms with Gasteiger partial charge in [-0.25, -0.2) is 0 Å². The maximum atomic E-state index is 2.35. The van der Waals surface area contributed by atoms with Crippen LogP contribution in [0, 0.1) is 0 Å². The second-order valence-corrected chi connectivity index (χ2v) is 11.4. The number of rotatable bonds is 7. The van der Waals surface area contributed by atoms with E-state index in [1.807, 2.05) is 0 Å². The molecule has 0 unspecified atom stereocenters. The first-order valence-corrected chi connectivity index (χ1v) is 15.7. The molecule has 0 N–H and O–H groups in total. The number of fused-ring (bicyclic) bond motifs is 3. The third-order valence-corrected chi connectivity index (χ3v) is 8.56. The predicted molar refractivity (Wildman–Crippen MR) is 196 cm³/mol. The standard InChI is InChI=1S/C44H32N2/c1-5-18-35(19-6-1)45(36-20-7-2-8-21-36)39-29-34(44-31-33-17-13-14-26-41(33)42-27-15-16-28-43(42)44)30-40(32-39)46(37-22-9-3-10-23-37)38-24-11-4-12-25-38/h1-32H. The summed E-state index contributed by atoms with van der Waals surface area (Å²) < 4.78 is 0. The molecule has 0 aliphatic carbocycles. The molecule has 0 bridgehead atoms. The fraction of sp³-hybridized carbons (Fsp3) is 0. The Morgan fingerprint density at radius 3 is 1.09 bits per heavy atom. The quantitative estimate of drug-likeness (QED) is 0.171. The zero-order valence-corrected chi connectivity index (χ0v) is 25.4. The van der Waals surface area contributed by atoms with Crippen molar-refractivity contribution in [3.8, 4) is 11.1 Å². The number of hydrogen-bond donors (Lipinski definition) is 0. The Bertz CT molecular complexity index is 2070. The molecule has 0 fully saturated rings. The van der Waals surface area contributed by atoms with Crippen molar-refractivity contribution in [2.75, 3.05) is 9.80 Å². The van der Waals surface area contributed by atoms with Gasteiger partial charge < -0.3 is 9.80 Å². The predicted octanol–water partition coefficient (Wildman–Crippen LogP) is 12.6. The van der Waals surface area contributed by atoms with Gasteiger partial charge in [0.2, 0.25) is 0 Å². The summed E-state index contributed by atoms with van der Waals surface area (Å²) in [6.45, 7) is 0. The van der Waals surface area contributed by atoms with Crippen LogP contribution in [0.4, 0.5) is 34.1 Å². The molecule has 0 aliphatic rings. The van der Waals surface area contributed by atoms with Gasteiger partial charge in [0.15, 0.2) is 0 Å². The summed E-state index contributed by atoms with van der Waals surface area (Å²) in [6, 6.07) is 69.4. The first kappa shape index (κ1) is 27.4. The minimum Gasteiger partial charge on any atom is -0.310 e. The van der Waals surface area contributed by atoms with Gasteiger partial charge in [0.05, 0.1) is 0 Å². The summed E-state index contributed by atoms with van der Waals surface area (Å²) in [5, 5.41) is 4.99. The van der Waals surface area contributed by atoms with E-state index in [1.165, 1.54) is 27.1 Å². The molecule has 8 aromatic rings. The van der Waals surface area contributed by atoms with Gasteiger partial charge in [-0.15, -0.1) is 0 Å². The van der Waals surface area contributed by atoms with Crippen molar-refractivity contribution in [2.24, 2.45) is 0 Å². The van der Waals surface area contributed by atoms with E-state index in [2.05, 4.69) is 204 Å². The highest BCUT2D eigenvalue weighted by atomic mass is 15.2. The Kier molecular flexibility index (Phi) is 7.22. The summed E-state index contributed by atoms with van der Waals surface area (Å²) >= 11 is 0. The number of hydrogen-bond acceptors (Lipinski definition) is 2. The lowest BCUT2D eigenvalue weighted by Gasteiger charge is -2.30. The van der Waals surface area contributed by atoms with Gasteiger partial charge in [-0.2, -0.15) is 0 Å². The van der Waals surface area contributed by atoms with Crippen molar-refractivity contribution in [1.82, 2.24) is 0 Å². The average molecular weight is 589 g/mol. The smallest absolute Gasteiger partial charge is 0.0488 e. The molecule has 0 amide bonds. The maximum Gasteiger partial charge on any atom is 0.0488 e. The average Bonchev–Trinajstić information content (AvgIpc) is 3.13. The topological polar surface area (TPSA) is 6.48 Å². The van der Waals surface area contributed by atoms with Crippen LogP contribution >= 0.6 is 0 Å². The molecule has 0 saturated carbocycles. The van der Waals surface area contributed by atoms with Gasteiger partial charge in [-0.3, -0.25) is 0 Å². The Balaban J connectivity index is 1.45. The van der Waals surface area contributed by atoms with Gasteiger partial charge in [-0.05, 0) is 105 Å². The highest BCUT2D eigenvalue weighted by Gasteiger charge is 2.20. The molecule has 0 radical (unpaired) electrons. The Morgan fingerprint density at radius 2 is 0.630 bits per heavy atom. The van der Waals surface area contributed by atoms with E-state index in [4.69, 9.17) is 0 Å². The molecule has 0 atom stereocenters. The van der Waals surface area contributed by atoms with Gasteiger partial charge in [0, 0.05) is 34.1 Å². The van der Waals surface area contributed by atoms with Crippen LogP contribution in [0.2, 0.25) is 0 Å². The van der Waals surface area contributed by atoms with Crippen LogP contribution in [0.3, 0.4) is 0 Å². The van der Waals surface area contributed by atoms with Crippen molar-refractivity contribution < 1.29 is 0 Å². The molecule has 46 heavy (non-hydrogen) atoms. The van der Waals surface area contributed by atoms with E-state index in [1.54, 1.807) is 0 Å². The van der Waals surface area contributed by atoms with Crippen LogP contribution in [0.25, 0.3) is 32.7 Å². The van der Waals surface area contributed by atoms with Crippen molar-refractivity contribution in [3.63, 3.8) is 0 Å². The minimum absolute atomic E-state index is 1.08. The molecule has 0 spiro atoms.